The minimum atomic E-state index is -0.121. The van der Waals surface area contributed by atoms with Crippen molar-refractivity contribution in [2.24, 2.45) is 0 Å². The molecule has 0 aromatic carbocycles. The van der Waals surface area contributed by atoms with Crippen molar-refractivity contribution < 1.29 is 9.32 Å². The number of rotatable bonds is 3. The van der Waals surface area contributed by atoms with E-state index in [1.807, 2.05) is 36.7 Å². The van der Waals surface area contributed by atoms with Gasteiger partial charge in [-0.2, -0.15) is 4.98 Å². The number of pyridine rings is 1. The van der Waals surface area contributed by atoms with Crippen LogP contribution in [-0.4, -0.2) is 33.0 Å². The maximum absolute atomic E-state index is 12.2. The van der Waals surface area contributed by atoms with Crippen molar-refractivity contribution in [3.8, 4) is 11.4 Å². The van der Waals surface area contributed by atoms with Crippen LogP contribution in [0.4, 0.5) is 0 Å². The van der Waals surface area contributed by atoms with Crippen molar-refractivity contribution in [2.45, 2.75) is 18.4 Å². The molecule has 0 aliphatic carbocycles. The summed E-state index contributed by atoms with van der Waals surface area (Å²) < 4.78 is 5.46. The van der Waals surface area contributed by atoms with Crippen LogP contribution in [-0.2, 0) is 4.79 Å². The molecule has 4 heterocycles. The zero-order valence-electron chi connectivity index (χ0n) is 12.4. The van der Waals surface area contributed by atoms with Crippen molar-refractivity contribution in [1.29, 1.82) is 0 Å². The lowest BCUT2D eigenvalue weighted by Gasteiger charge is -2.21. The molecule has 3 aromatic heterocycles. The average molecular weight is 326 g/mol. The zero-order valence-corrected chi connectivity index (χ0v) is 13.2. The molecule has 1 amide bonds. The highest BCUT2D eigenvalue weighted by molar-refractivity contribution is 7.10. The first-order valence-corrected chi connectivity index (χ1v) is 8.15. The van der Waals surface area contributed by atoms with Gasteiger partial charge >= 0.3 is 0 Å². The first-order chi connectivity index (χ1) is 11.2. The number of hydrogen-bond acceptors (Lipinski definition) is 6. The Morgan fingerprint density at radius 1 is 1.35 bits per heavy atom. The highest BCUT2D eigenvalue weighted by atomic mass is 32.1. The molecule has 0 spiro atoms. The molecule has 2 atom stereocenters. The fourth-order valence-electron chi connectivity index (χ4n) is 2.94. The summed E-state index contributed by atoms with van der Waals surface area (Å²) in [5.74, 6) is 0.971. The Labute approximate surface area is 136 Å². The number of hydrogen-bond donors (Lipinski definition) is 0. The second kappa shape index (κ2) is 5.58. The van der Waals surface area contributed by atoms with Gasteiger partial charge in [0.2, 0.25) is 17.6 Å². The first-order valence-electron chi connectivity index (χ1n) is 7.27. The van der Waals surface area contributed by atoms with Crippen LogP contribution >= 0.6 is 11.3 Å². The predicted octanol–water partition coefficient (Wildman–Crippen LogP) is 2.88. The second-order valence-corrected chi connectivity index (χ2v) is 6.45. The molecule has 0 radical (unpaired) electrons. The van der Waals surface area contributed by atoms with Gasteiger partial charge in [-0.1, -0.05) is 11.2 Å². The van der Waals surface area contributed by atoms with Crippen LogP contribution in [0, 0.1) is 0 Å². The lowest BCUT2D eigenvalue weighted by molar-refractivity contribution is -0.127. The molecule has 3 aromatic rings. The number of carbonyl (C=O) groups is 1. The second-order valence-electron chi connectivity index (χ2n) is 5.47. The topological polar surface area (TPSA) is 72.1 Å². The number of amides is 1. The first kappa shape index (κ1) is 14.1. The molecule has 1 aliphatic rings. The minimum absolute atomic E-state index is 0.0512. The molecule has 7 heteroatoms. The Bertz CT molecular complexity index is 816. The average Bonchev–Trinajstić information content (AvgIpc) is 3.30. The van der Waals surface area contributed by atoms with E-state index in [0.717, 1.165) is 10.4 Å². The Morgan fingerprint density at radius 3 is 3.00 bits per heavy atom. The van der Waals surface area contributed by atoms with Gasteiger partial charge in [0, 0.05) is 36.3 Å². The van der Waals surface area contributed by atoms with E-state index in [1.54, 1.807) is 28.6 Å². The number of carbonyl (C=O) groups excluding carboxylic acids is 1. The normalized spacial score (nSPS) is 21.1. The smallest absolute Gasteiger partial charge is 0.233 e. The molecule has 4 rings (SSSR count). The molecular weight excluding hydrogens is 312 g/mol. The number of thiophene rings is 1. The Balaban J connectivity index is 1.69. The van der Waals surface area contributed by atoms with Gasteiger partial charge in [-0.25, -0.2) is 0 Å². The highest BCUT2D eigenvalue weighted by Gasteiger charge is 2.43. The molecule has 0 saturated carbocycles. The SMILES string of the molecule is CN1C(=O)C[C@H](c2nc(-c3cccnc3)no2)[C@@H]1c1cccs1. The third-order valence-electron chi connectivity index (χ3n) is 4.10. The summed E-state index contributed by atoms with van der Waals surface area (Å²) in [7, 11) is 1.82. The summed E-state index contributed by atoms with van der Waals surface area (Å²) >= 11 is 1.63. The summed E-state index contributed by atoms with van der Waals surface area (Å²) in [6.07, 6.45) is 3.77. The fraction of sp³-hybridized carbons (Fsp3) is 0.250. The number of likely N-dealkylation sites (tertiary alicyclic amines) is 1. The van der Waals surface area contributed by atoms with Gasteiger partial charge in [0.15, 0.2) is 0 Å². The fourth-order valence-corrected chi connectivity index (χ4v) is 3.87. The van der Waals surface area contributed by atoms with E-state index < -0.39 is 0 Å². The van der Waals surface area contributed by atoms with E-state index in [4.69, 9.17) is 4.52 Å². The van der Waals surface area contributed by atoms with Crippen molar-refractivity contribution in [2.75, 3.05) is 7.05 Å². The van der Waals surface area contributed by atoms with Gasteiger partial charge in [-0.05, 0) is 23.6 Å². The van der Waals surface area contributed by atoms with E-state index in [1.165, 1.54) is 0 Å². The monoisotopic (exact) mass is 326 g/mol. The largest absolute Gasteiger partial charge is 0.339 e. The van der Waals surface area contributed by atoms with Crippen molar-refractivity contribution in [3.05, 3.63) is 52.8 Å². The van der Waals surface area contributed by atoms with Gasteiger partial charge in [-0.15, -0.1) is 11.3 Å². The van der Waals surface area contributed by atoms with Crippen molar-refractivity contribution in [3.63, 3.8) is 0 Å². The van der Waals surface area contributed by atoms with Gasteiger partial charge in [0.05, 0.1) is 12.0 Å². The highest BCUT2D eigenvalue weighted by Crippen LogP contribution is 2.44. The van der Waals surface area contributed by atoms with Crippen LogP contribution in [0.15, 0.2) is 46.6 Å². The van der Waals surface area contributed by atoms with Crippen LogP contribution < -0.4 is 0 Å². The molecule has 1 aliphatic heterocycles. The minimum Gasteiger partial charge on any atom is -0.339 e. The molecule has 23 heavy (non-hydrogen) atoms. The summed E-state index contributed by atoms with van der Waals surface area (Å²) in [4.78, 5) is 23.6. The van der Waals surface area contributed by atoms with Gasteiger partial charge in [0.1, 0.15) is 0 Å². The summed E-state index contributed by atoms with van der Waals surface area (Å²) in [6.45, 7) is 0. The standard InChI is InChI=1S/C16H14N4O2S/c1-20-13(21)8-11(14(20)12-5-3-7-23-12)16-18-15(19-22-16)10-4-2-6-17-9-10/h2-7,9,11,14H,8H2,1H3/t11-,14+/m0/s1. The van der Waals surface area contributed by atoms with E-state index in [9.17, 15) is 4.79 Å². The number of nitrogens with zero attached hydrogens (tertiary/aromatic N) is 4. The van der Waals surface area contributed by atoms with Crippen LogP contribution in [0.1, 0.15) is 29.1 Å². The van der Waals surface area contributed by atoms with E-state index >= 15 is 0 Å². The van der Waals surface area contributed by atoms with Gasteiger partial charge in [0.25, 0.3) is 0 Å². The molecule has 0 bridgehead atoms. The van der Waals surface area contributed by atoms with E-state index in [2.05, 4.69) is 15.1 Å². The van der Waals surface area contributed by atoms with Gasteiger partial charge in [-0.3, -0.25) is 9.78 Å². The molecule has 6 nitrogen and oxygen atoms in total. The maximum atomic E-state index is 12.2. The molecule has 0 unspecified atom stereocenters. The van der Waals surface area contributed by atoms with Crippen LogP contribution in [0.3, 0.4) is 0 Å². The quantitative estimate of drug-likeness (QED) is 0.740. The van der Waals surface area contributed by atoms with E-state index in [0.29, 0.717) is 18.1 Å². The Morgan fingerprint density at radius 2 is 2.26 bits per heavy atom. The molecule has 116 valence electrons. The Kier molecular flexibility index (Phi) is 3.42. The van der Waals surface area contributed by atoms with E-state index in [-0.39, 0.29) is 17.9 Å². The third kappa shape index (κ3) is 2.43. The number of aromatic nitrogens is 3. The van der Waals surface area contributed by atoms with Crippen molar-refractivity contribution >= 4 is 17.2 Å². The van der Waals surface area contributed by atoms with Crippen LogP contribution in [0.25, 0.3) is 11.4 Å². The summed E-state index contributed by atoms with van der Waals surface area (Å²) in [6, 6.07) is 7.68. The Hall–Kier alpha value is -2.54. The third-order valence-corrected chi connectivity index (χ3v) is 5.04. The predicted molar refractivity (Wildman–Crippen MR) is 84.7 cm³/mol. The van der Waals surface area contributed by atoms with Crippen LogP contribution in [0.2, 0.25) is 0 Å². The summed E-state index contributed by atoms with van der Waals surface area (Å²) in [5, 5.41) is 6.06. The zero-order chi connectivity index (χ0) is 15.8. The lowest BCUT2D eigenvalue weighted by atomic mass is 9.99. The lowest BCUT2D eigenvalue weighted by Crippen LogP contribution is -2.23. The molecular formula is C16H14N4O2S. The number of likely N-dealkylation sites (N-methyl/N-ethyl adjacent to an activating group) is 1. The summed E-state index contributed by atoms with van der Waals surface area (Å²) in [5.41, 5.74) is 0.799. The molecule has 1 fully saturated rings. The molecule has 1 saturated heterocycles. The molecule has 0 N–H and O–H groups in total. The van der Waals surface area contributed by atoms with Gasteiger partial charge < -0.3 is 9.42 Å². The maximum Gasteiger partial charge on any atom is 0.233 e. The van der Waals surface area contributed by atoms with Crippen LogP contribution in [0.5, 0.6) is 0 Å². The van der Waals surface area contributed by atoms with Crippen molar-refractivity contribution in [1.82, 2.24) is 20.0 Å².